The van der Waals surface area contributed by atoms with Crippen LogP contribution in [-0.4, -0.2) is 16.2 Å². The molecule has 1 aromatic rings. The predicted molar refractivity (Wildman–Crippen MR) is 139 cm³/mol. The summed E-state index contributed by atoms with van der Waals surface area (Å²) in [6, 6.07) is 6.16. The second-order valence-corrected chi connectivity index (χ2v) is 9.89. The molecule has 0 heterocycles. The van der Waals surface area contributed by atoms with E-state index in [9.17, 15) is 9.90 Å². The number of carboxylic acids is 1. The van der Waals surface area contributed by atoms with Gasteiger partial charge in [-0.3, -0.25) is 4.79 Å². The van der Waals surface area contributed by atoms with Crippen LogP contribution in [0.5, 0.6) is 5.75 Å². The lowest BCUT2D eigenvalue weighted by Crippen LogP contribution is -2.05. The molecule has 3 heteroatoms. The van der Waals surface area contributed by atoms with Crippen LogP contribution < -0.4 is 0 Å². The van der Waals surface area contributed by atoms with Gasteiger partial charge in [0.05, 0.1) is 0 Å². The molecule has 0 saturated carbocycles. The Kier molecular flexibility index (Phi) is 13.7. The van der Waals surface area contributed by atoms with Crippen molar-refractivity contribution in [3.63, 3.8) is 0 Å². The quantitative estimate of drug-likeness (QED) is 0.173. The molecule has 0 fully saturated rings. The molecule has 0 aromatic heterocycles. The van der Waals surface area contributed by atoms with Crippen LogP contribution in [0.4, 0.5) is 0 Å². The standard InChI is InChI=1S/C30H46O3/c1-2-3-7-19-28-24-27(21-22-29(28)31)23-26(18-10-6-11-20-30(32)33)17-9-5-4-8-14-25-15-12-13-16-25/h6,10,12,15,21-22,24-26,31H,2-5,7-9,11,13-14,16-20,23H2,1H3,(H,32,33). The second kappa shape index (κ2) is 16.6. The summed E-state index contributed by atoms with van der Waals surface area (Å²) in [7, 11) is 0. The highest BCUT2D eigenvalue weighted by molar-refractivity contribution is 5.66. The van der Waals surface area contributed by atoms with E-state index in [4.69, 9.17) is 5.11 Å². The molecular formula is C30H46O3. The number of aryl methyl sites for hydroxylation is 1. The summed E-state index contributed by atoms with van der Waals surface area (Å²) in [5.74, 6) is 1.09. The number of phenols is 1. The minimum atomic E-state index is -0.732. The van der Waals surface area contributed by atoms with E-state index in [-0.39, 0.29) is 6.42 Å². The molecular weight excluding hydrogens is 408 g/mol. The van der Waals surface area contributed by atoms with Crippen molar-refractivity contribution in [3.05, 3.63) is 53.6 Å². The first kappa shape index (κ1) is 27.2. The highest BCUT2D eigenvalue weighted by atomic mass is 16.4. The summed E-state index contributed by atoms with van der Waals surface area (Å²) in [6.07, 6.45) is 26.6. The second-order valence-electron chi connectivity index (χ2n) is 9.89. The van der Waals surface area contributed by atoms with Gasteiger partial charge in [0.1, 0.15) is 5.75 Å². The lowest BCUT2D eigenvalue weighted by Gasteiger charge is -2.17. The fraction of sp³-hybridized carbons (Fsp3) is 0.633. The fourth-order valence-electron chi connectivity index (χ4n) is 4.91. The summed E-state index contributed by atoms with van der Waals surface area (Å²) in [4.78, 5) is 10.7. The number of phenolic OH excluding ortho intramolecular Hbond substituents is 1. The Bertz CT molecular complexity index is 734. The molecule has 2 atom stereocenters. The van der Waals surface area contributed by atoms with Gasteiger partial charge in [-0.2, -0.15) is 0 Å². The third-order valence-corrected chi connectivity index (χ3v) is 6.93. The largest absolute Gasteiger partial charge is 0.508 e. The van der Waals surface area contributed by atoms with Crippen LogP contribution in [0.2, 0.25) is 0 Å². The predicted octanol–water partition coefficient (Wildman–Crippen LogP) is 8.40. The Morgan fingerprint density at radius 1 is 1.12 bits per heavy atom. The first-order valence-corrected chi connectivity index (χ1v) is 13.4. The van der Waals surface area contributed by atoms with Gasteiger partial charge in [0.15, 0.2) is 0 Å². The minimum Gasteiger partial charge on any atom is -0.508 e. The van der Waals surface area contributed by atoms with Crippen LogP contribution in [0.3, 0.4) is 0 Å². The van der Waals surface area contributed by atoms with E-state index in [1.807, 2.05) is 12.1 Å². The van der Waals surface area contributed by atoms with E-state index >= 15 is 0 Å². The molecule has 1 aliphatic rings. The monoisotopic (exact) mass is 454 g/mol. The number of hydrogen-bond acceptors (Lipinski definition) is 2. The normalized spacial score (nSPS) is 16.6. The summed E-state index contributed by atoms with van der Waals surface area (Å²) in [5, 5.41) is 19.1. The first-order valence-electron chi connectivity index (χ1n) is 13.4. The summed E-state index contributed by atoms with van der Waals surface area (Å²) in [5.41, 5.74) is 2.40. The number of unbranched alkanes of at least 4 members (excludes halogenated alkanes) is 5. The number of hydrogen-bond donors (Lipinski definition) is 2. The van der Waals surface area contributed by atoms with Crippen molar-refractivity contribution < 1.29 is 15.0 Å². The topological polar surface area (TPSA) is 57.5 Å². The summed E-state index contributed by atoms with van der Waals surface area (Å²) >= 11 is 0. The van der Waals surface area contributed by atoms with Crippen LogP contribution in [0, 0.1) is 11.8 Å². The lowest BCUT2D eigenvalue weighted by atomic mass is 9.89. The molecule has 0 aliphatic heterocycles. The lowest BCUT2D eigenvalue weighted by molar-refractivity contribution is -0.136. The molecule has 33 heavy (non-hydrogen) atoms. The molecule has 2 N–H and O–H groups in total. The van der Waals surface area contributed by atoms with Gasteiger partial charge >= 0.3 is 5.97 Å². The zero-order chi connectivity index (χ0) is 23.7. The number of carbonyl (C=O) groups is 1. The molecule has 0 spiro atoms. The average Bonchev–Trinajstić information content (AvgIpc) is 3.31. The van der Waals surface area contributed by atoms with Crippen LogP contribution in [0.25, 0.3) is 0 Å². The highest BCUT2D eigenvalue weighted by Crippen LogP contribution is 2.27. The third kappa shape index (κ3) is 12.1. The van der Waals surface area contributed by atoms with E-state index < -0.39 is 5.97 Å². The van der Waals surface area contributed by atoms with E-state index in [0.717, 1.165) is 37.2 Å². The Morgan fingerprint density at radius 3 is 2.73 bits per heavy atom. The summed E-state index contributed by atoms with van der Waals surface area (Å²) < 4.78 is 0. The van der Waals surface area contributed by atoms with Crippen molar-refractivity contribution in [2.24, 2.45) is 11.8 Å². The van der Waals surface area contributed by atoms with Gasteiger partial charge in [0, 0.05) is 6.42 Å². The van der Waals surface area contributed by atoms with E-state index in [1.54, 1.807) is 0 Å². The van der Waals surface area contributed by atoms with Gasteiger partial charge in [0.25, 0.3) is 0 Å². The zero-order valence-corrected chi connectivity index (χ0v) is 20.8. The number of allylic oxidation sites excluding steroid dienone is 4. The maximum absolute atomic E-state index is 10.7. The van der Waals surface area contributed by atoms with Crippen LogP contribution in [0.1, 0.15) is 108 Å². The molecule has 2 rings (SSSR count). The number of aromatic hydroxyl groups is 1. The molecule has 2 unspecified atom stereocenters. The Balaban J connectivity index is 1.83. The maximum atomic E-state index is 10.7. The number of carboxylic acid groups (broad SMARTS) is 1. The number of rotatable bonds is 18. The van der Waals surface area contributed by atoms with Gasteiger partial charge in [0.2, 0.25) is 0 Å². The van der Waals surface area contributed by atoms with Crippen LogP contribution in [-0.2, 0) is 17.6 Å². The first-order chi connectivity index (χ1) is 16.1. The van der Waals surface area contributed by atoms with Crippen molar-refractivity contribution in [3.8, 4) is 5.75 Å². The van der Waals surface area contributed by atoms with E-state index in [1.165, 1.54) is 69.8 Å². The maximum Gasteiger partial charge on any atom is 0.303 e. The minimum absolute atomic E-state index is 0.205. The number of aliphatic carboxylic acids is 1. The third-order valence-electron chi connectivity index (χ3n) is 6.93. The SMILES string of the molecule is CCCCCc1cc(CC(CC=CCCC(=O)O)CCCCCCC2C=CCC2)ccc1O. The van der Waals surface area contributed by atoms with Gasteiger partial charge in [-0.1, -0.05) is 81.9 Å². The van der Waals surface area contributed by atoms with E-state index in [0.29, 0.717) is 18.1 Å². The molecule has 184 valence electrons. The Morgan fingerprint density at radius 2 is 1.97 bits per heavy atom. The Hall–Kier alpha value is -2.03. The highest BCUT2D eigenvalue weighted by Gasteiger charge is 2.12. The molecule has 0 radical (unpaired) electrons. The van der Waals surface area contributed by atoms with Crippen molar-refractivity contribution in [1.82, 2.24) is 0 Å². The summed E-state index contributed by atoms with van der Waals surface area (Å²) in [6.45, 7) is 2.21. The van der Waals surface area contributed by atoms with Gasteiger partial charge in [-0.25, -0.2) is 0 Å². The van der Waals surface area contributed by atoms with Crippen molar-refractivity contribution in [2.45, 2.75) is 110 Å². The molecule has 3 nitrogen and oxygen atoms in total. The van der Waals surface area contributed by atoms with Crippen molar-refractivity contribution >= 4 is 5.97 Å². The van der Waals surface area contributed by atoms with Crippen LogP contribution >= 0.6 is 0 Å². The van der Waals surface area contributed by atoms with Gasteiger partial charge in [-0.15, -0.1) is 0 Å². The van der Waals surface area contributed by atoms with Crippen molar-refractivity contribution in [2.75, 3.05) is 0 Å². The molecule has 0 amide bonds. The molecule has 0 bridgehead atoms. The molecule has 1 aliphatic carbocycles. The van der Waals surface area contributed by atoms with Gasteiger partial charge in [-0.05, 0) is 86.8 Å². The molecule has 1 aromatic carbocycles. The smallest absolute Gasteiger partial charge is 0.303 e. The van der Waals surface area contributed by atoms with E-state index in [2.05, 4.69) is 37.3 Å². The van der Waals surface area contributed by atoms with Crippen LogP contribution in [0.15, 0.2) is 42.5 Å². The Labute approximate surface area is 202 Å². The number of benzene rings is 1. The van der Waals surface area contributed by atoms with Crippen molar-refractivity contribution in [1.29, 1.82) is 0 Å². The zero-order valence-electron chi connectivity index (χ0n) is 20.8. The fourth-order valence-corrected chi connectivity index (χ4v) is 4.91. The average molecular weight is 455 g/mol. The molecule has 0 saturated heterocycles. The van der Waals surface area contributed by atoms with Gasteiger partial charge < -0.3 is 10.2 Å².